The lowest BCUT2D eigenvalue weighted by Gasteiger charge is -2.31. The highest BCUT2D eigenvalue weighted by molar-refractivity contribution is 5.75. The molecule has 0 aromatic heterocycles. The van der Waals surface area contributed by atoms with E-state index in [0.29, 0.717) is 5.92 Å². The number of amides is 2. The van der Waals surface area contributed by atoms with Crippen molar-refractivity contribution >= 4 is 6.03 Å². The third-order valence-corrected chi connectivity index (χ3v) is 6.50. The monoisotopic (exact) mass is 321 g/mol. The standard InChI is InChI=1S/C18H31N3O2/c1-23-12-16-11-19(10-15-4-5-15)13-18(16)6-9-21(14-18)17(22)20-7-2-3-8-20/h15-16H,2-14H2,1H3/t16-,18-/m1/s1. The average Bonchev–Trinajstić information content (AvgIpc) is 2.96. The zero-order chi connectivity index (χ0) is 15.9. The Morgan fingerprint density at radius 3 is 2.61 bits per heavy atom. The molecule has 4 fully saturated rings. The molecule has 130 valence electrons. The van der Waals surface area contributed by atoms with Crippen LogP contribution in [-0.4, -0.2) is 80.3 Å². The van der Waals surface area contributed by atoms with E-state index in [0.717, 1.165) is 51.7 Å². The molecule has 0 aromatic carbocycles. The topological polar surface area (TPSA) is 36.0 Å². The van der Waals surface area contributed by atoms with Crippen LogP contribution in [0.1, 0.15) is 32.1 Å². The number of carbonyl (C=O) groups excluding carboxylic acids is 1. The molecule has 3 aliphatic heterocycles. The van der Waals surface area contributed by atoms with Gasteiger partial charge < -0.3 is 19.4 Å². The van der Waals surface area contributed by atoms with E-state index < -0.39 is 0 Å². The summed E-state index contributed by atoms with van der Waals surface area (Å²) in [5.74, 6) is 1.53. The number of carbonyl (C=O) groups is 1. The van der Waals surface area contributed by atoms with Crippen LogP contribution in [0.5, 0.6) is 0 Å². The first-order valence-electron chi connectivity index (χ1n) is 9.45. The third-order valence-electron chi connectivity index (χ3n) is 6.50. The van der Waals surface area contributed by atoms with Gasteiger partial charge in [-0.2, -0.15) is 0 Å². The van der Waals surface area contributed by atoms with Crippen molar-refractivity contribution < 1.29 is 9.53 Å². The van der Waals surface area contributed by atoms with Gasteiger partial charge in [0.2, 0.25) is 0 Å². The molecule has 4 aliphatic rings. The van der Waals surface area contributed by atoms with Crippen LogP contribution >= 0.6 is 0 Å². The van der Waals surface area contributed by atoms with Gasteiger partial charge in [0.25, 0.3) is 0 Å². The van der Waals surface area contributed by atoms with Crippen LogP contribution in [0.3, 0.4) is 0 Å². The predicted molar refractivity (Wildman–Crippen MR) is 89.4 cm³/mol. The maximum Gasteiger partial charge on any atom is 0.320 e. The fourth-order valence-electron chi connectivity index (χ4n) is 5.01. The molecule has 1 spiro atoms. The highest BCUT2D eigenvalue weighted by Crippen LogP contribution is 2.45. The van der Waals surface area contributed by atoms with Crippen molar-refractivity contribution in [3.05, 3.63) is 0 Å². The molecule has 2 atom stereocenters. The van der Waals surface area contributed by atoms with Crippen molar-refractivity contribution in [2.75, 3.05) is 59.5 Å². The molecule has 0 radical (unpaired) electrons. The summed E-state index contributed by atoms with van der Waals surface area (Å²) >= 11 is 0. The molecule has 5 nitrogen and oxygen atoms in total. The zero-order valence-electron chi connectivity index (χ0n) is 14.5. The molecule has 2 amide bonds. The first-order chi connectivity index (χ1) is 11.2. The maximum absolute atomic E-state index is 12.7. The van der Waals surface area contributed by atoms with Crippen LogP contribution in [0, 0.1) is 17.3 Å². The Kier molecular flexibility index (Phi) is 4.26. The summed E-state index contributed by atoms with van der Waals surface area (Å²) in [5.41, 5.74) is 0.278. The van der Waals surface area contributed by atoms with Crippen molar-refractivity contribution in [2.45, 2.75) is 32.1 Å². The number of rotatable bonds is 4. The second-order valence-corrected chi connectivity index (χ2v) is 8.30. The summed E-state index contributed by atoms with van der Waals surface area (Å²) in [7, 11) is 1.82. The molecule has 0 N–H and O–H groups in total. The smallest absolute Gasteiger partial charge is 0.320 e. The van der Waals surface area contributed by atoms with Gasteiger partial charge >= 0.3 is 6.03 Å². The van der Waals surface area contributed by atoms with Crippen molar-refractivity contribution in [2.24, 2.45) is 17.3 Å². The van der Waals surface area contributed by atoms with Gasteiger partial charge in [-0.05, 0) is 38.0 Å². The van der Waals surface area contributed by atoms with E-state index in [-0.39, 0.29) is 11.4 Å². The lowest BCUT2D eigenvalue weighted by atomic mass is 9.78. The second-order valence-electron chi connectivity index (χ2n) is 8.30. The first-order valence-corrected chi connectivity index (χ1v) is 9.45. The Labute approximate surface area is 139 Å². The lowest BCUT2D eigenvalue weighted by molar-refractivity contribution is 0.0960. The van der Waals surface area contributed by atoms with Crippen LogP contribution in [0.4, 0.5) is 4.79 Å². The molecule has 5 heteroatoms. The largest absolute Gasteiger partial charge is 0.384 e. The molecule has 0 bridgehead atoms. The van der Waals surface area contributed by atoms with E-state index >= 15 is 0 Å². The maximum atomic E-state index is 12.7. The van der Waals surface area contributed by atoms with Gasteiger partial charge in [0.05, 0.1) is 6.61 Å². The molecule has 4 rings (SSSR count). The highest BCUT2D eigenvalue weighted by Gasteiger charge is 2.52. The summed E-state index contributed by atoms with van der Waals surface area (Å²) in [6.07, 6.45) is 6.33. The average molecular weight is 321 g/mol. The Bertz CT molecular complexity index is 448. The molecule has 3 saturated heterocycles. The van der Waals surface area contributed by atoms with Crippen LogP contribution in [-0.2, 0) is 4.74 Å². The summed E-state index contributed by atoms with van der Waals surface area (Å²) < 4.78 is 5.54. The van der Waals surface area contributed by atoms with Gasteiger partial charge in [0.15, 0.2) is 0 Å². The number of likely N-dealkylation sites (tertiary alicyclic amines) is 3. The summed E-state index contributed by atoms with van der Waals surface area (Å²) in [6, 6.07) is 0.288. The normalized spacial score (nSPS) is 34.9. The number of urea groups is 1. The van der Waals surface area contributed by atoms with Gasteiger partial charge in [-0.1, -0.05) is 0 Å². The predicted octanol–water partition coefficient (Wildman–Crippen LogP) is 1.88. The SMILES string of the molecule is COC[C@H]1CN(CC2CC2)C[C@@]12CCN(C(=O)N1CCCC1)C2. The quantitative estimate of drug-likeness (QED) is 0.793. The summed E-state index contributed by atoms with van der Waals surface area (Å²) in [6.45, 7) is 8.23. The Morgan fingerprint density at radius 1 is 1.13 bits per heavy atom. The van der Waals surface area contributed by atoms with E-state index in [9.17, 15) is 4.79 Å². The molecule has 1 aliphatic carbocycles. The summed E-state index contributed by atoms with van der Waals surface area (Å²) in [4.78, 5) is 19.6. The molecule has 23 heavy (non-hydrogen) atoms. The Balaban J connectivity index is 1.42. The Hall–Kier alpha value is -0.810. The third kappa shape index (κ3) is 3.10. The van der Waals surface area contributed by atoms with E-state index in [4.69, 9.17) is 4.74 Å². The van der Waals surface area contributed by atoms with Crippen LogP contribution in [0.15, 0.2) is 0 Å². The minimum absolute atomic E-state index is 0.278. The van der Waals surface area contributed by atoms with Crippen molar-refractivity contribution in [3.63, 3.8) is 0 Å². The van der Waals surface area contributed by atoms with Crippen molar-refractivity contribution in [1.82, 2.24) is 14.7 Å². The molecule has 1 saturated carbocycles. The number of ether oxygens (including phenoxy) is 1. The van der Waals surface area contributed by atoms with Gasteiger partial charge in [0.1, 0.15) is 0 Å². The second kappa shape index (κ2) is 6.25. The molecule has 0 aromatic rings. The van der Waals surface area contributed by atoms with Gasteiger partial charge in [0, 0.05) is 64.3 Å². The van der Waals surface area contributed by atoms with Gasteiger partial charge in [-0.25, -0.2) is 4.79 Å². The number of hydrogen-bond donors (Lipinski definition) is 0. The zero-order valence-corrected chi connectivity index (χ0v) is 14.5. The highest BCUT2D eigenvalue weighted by atomic mass is 16.5. The van der Waals surface area contributed by atoms with Crippen molar-refractivity contribution in [1.29, 1.82) is 0 Å². The van der Waals surface area contributed by atoms with E-state index in [2.05, 4.69) is 14.7 Å². The number of hydrogen-bond acceptors (Lipinski definition) is 3. The minimum atomic E-state index is 0.278. The summed E-state index contributed by atoms with van der Waals surface area (Å²) in [5, 5.41) is 0. The molecular formula is C18H31N3O2. The van der Waals surface area contributed by atoms with Gasteiger partial charge in [-0.3, -0.25) is 0 Å². The van der Waals surface area contributed by atoms with E-state index in [1.807, 2.05) is 7.11 Å². The van der Waals surface area contributed by atoms with E-state index in [1.54, 1.807) is 0 Å². The van der Waals surface area contributed by atoms with Crippen LogP contribution < -0.4 is 0 Å². The minimum Gasteiger partial charge on any atom is -0.384 e. The van der Waals surface area contributed by atoms with Crippen LogP contribution in [0.25, 0.3) is 0 Å². The molecular weight excluding hydrogens is 290 g/mol. The number of methoxy groups -OCH3 is 1. The van der Waals surface area contributed by atoms with Crippen molar-refractivity contribution in [3.8, 4) is 0 Å². The lowest BCUT2D eigenvalue weighted by Crippen LogP contribution is -2.43. The van der Waals surface area contributed by atoms with Crippen LogP contribution in [0.2, 0.25) is 0 Å². The van der Waals surface area contributed by atoms with E-state index in [1.165, 1.54) is 38.8 Å². The molecule has 3 heterocycles. The fraction of sp³-hybridized carbons (Fsp3) is 0.944. The van der Waals surface area contributed by atoms with Gasteiger partial charge in [-0.15, -0.1) is 0 Å². The number of nitrogens with zero attached hydrogens (tertiary/aromatic N) is 3. The Morgan fingerprint density at radius 2 is 1.91 bits per heavy atom. The fourth-order valence-corrected chi connectivity index (χ4v) is 5.01. The first kappa shape index (κ1) is 15.7. The molecule has 0 unspecified atom stereocenters.